The standard InChI is InChI=1S/C14H20N2O3/c1-4-19-14(18)10-6-5-7-11(8-10)16-13(17)12(15)9(2)3/h5-9,12H,4,15H2,1-3H3,(H,16,17)/t12-/m1/s1. The lowest BCUT2D eigenvalue weighted by Gasteiger charge is -2.15. The molecule has 0 saturated heterocycles. The van der Waals surface area contributed by atoms with Gasteiger partial charge in [-0.1, -0.05) is 19.9 Å². The van der Waals surface area contributed by atoms with Crippen molar-refractivity contribution < 1.29 is 14.3 Å². The first-order valence-electron chi connectivity index (χ1n) is 6.29. The van der Waals surface area contributed by atoms with Gasteiger partial charge in [-0.2, -0.15) is 0 Å². The summed E-state index contributed by atoms with van der Waals surface area (Å²) in [5.74, 6) is -0.629. The van der Waals surface area contributed by atoms with Gasteiger partial charge in [0, 0.05) is 5.69 Å². The Bertz CT molecular complexity index is 458. The first-order chi connectivity index (χ1) is 8.95. The fraction of sp³-hybridized carbons (Fsp3) is 0.429. The molecule has 1 aromatic carbocycles. The van der Waals surface area contributed by atoms with Gasteiger partial charge in [0.05, 0.1) is 18.2 Å². The van der Waals surface area contributed by atoms with Crippen molar-refractivity contribution in [1.29, 1.82) is 0 Å². The molecule has 19 heavy (non-hydrogen) atoms. The van der Waals surface area contributed by atoms with Crippen molar-refractivity contribution in [2.45, 2.75) is 26.8 Å². The zero-order valence-electron chi connectivity index (χ0n) is 11.5. The normalized spacial score (nSPS) is 12.1. The highest BCUT2D eigenvalue weighted by molar-refractivity contribution is 5.96. The third kappa shape index (κ3) is 4.37. The molecule has 0 heterocycles. The van der Waals surface area contributed by atoms with E-state index in [-0.39, 0.29) is 11.8 Å². The predicted octanol–water partition coefficient (Wildman–Crippen LogP) is 1.79. The average molecular weight is 264 g/mol. The number of carbonyl (C=O) groups is 2. The van der Waals surface area contributed by atoms with Gasteiger partial charge in [-0.3, -0.25) is 4.79 Å². The van der Waals surface area contributed by atoms with Crippen molar-refractivity contribution in [1.82, 2.24) is 0 Å². The van der Waals surface area contributed by atoms with Gasteiger partial charge < -0.3 is 15.8 Å². The molecule has 0 radical (unpaired) electrons. The summed E-state index contributed by atoms with van der Waals surface area (Å²) in [5, 5.41) is 2.69. The van der Waals surface area contributed by atoms with Crippen LogP contribution in [0.1, 0.15) is 31.1 Å². The van der Waals surface area contributed by atoms with E-state index in [9.17, 15) is 9.59 Å². The minimum Gasteiger partial charge on any atom is -0.462 e. The van der Waals surface area contributed by atoms with Crippen molar-refractivity contribution in [3.05, 3.63) is 29.8 Å². The van der Waals surface area contributed by atoms with Crippen LogP contribution in [0.2, 0.25) is 0 Å². The SMILES string of the molecule is CCOC(=O)c1cccc(NC(=O)[C@H](N)C(C)C)c1. The van der Waals surface area contributed by atoms with Crippen molar-refractivity contribution in [3.63, 3.8) is 0 Å². The van der Waals surface area contributed by atoms with E-state index < -0.39 is 12.0 Å². The Morgan fingerprint density at radius 2 is 2.05 bits per heavy atom. The average Bonchev–Trinajstić information content (AvgIpc) is 2.38. The van der Waals surface area contributed by atoms with Crippen LogP contribution in [0.15, 0.2) is 24.3 Å². The lowest BCUT2D eigenvalue weighted by molar-refractivity contribution is -0.118. The summed E-state index contributed by atoms with van der Waals surface area (Å²) >= 11 is 0. The molecule has 0 saturated carbocycles. The first kappa shape index (κ1) is 15.2. The molecule has 0 aromatic heterocycles. The van der Waals surface area contributed by atoms with E-state index in [1.165, 1.54) is 0 Å². The van der Waals surface area contributed by atoms with Crippen LogP contribution in [0, 0.1) is 5.92 Å². The van der Waals surface area contributed by atoms with E-state index in [0.717, 1.165) is 0 Å². The van der Waals surface area contributed by atoms with E-state index >= 15 is 0 Å². The topological polar surface area (TPSA) is 81.4 Å². The van der Waals surface area contributed by atoms with E-state index in [0.29, 0.717) is 17.9 Å². The summed E-state index contributed by atoms with van der Waals surface area (Å²) in [6, 6.07) is 6.02. The van der Waals surface area contributed by atoms with Crippen LogP contribution in [-0.4, -0.2) is 24.5 Å². The zero-order valence-corrected chi connectivity index (χ0v) is 11.5. The second-order valence-corrected chi connectivity index (χ2v) is 4.56. The highest BCUT2D eigenvalue weighted by Crippen LogP contribution is 2.13. The predicted molar refractivity (Wildman–Crippen MR) is 73.8 cm³/mol. The molecule has 1 amide bonds. The summed E-state index contributed by atoms with van der Waals surface area (Å²) in [7, 11) is 0. The monoisotopic (exact) mass is 264 g/mol. The number of amides is 1. The van der Waals surface area contributed by atoms with Gasteiger partial charge in [0.15, 0.2) is 0 Å². The quantitative estimate of drug-likeness (QED) is 0.794. The minimum absolute atomic E-state index is 0.0493. The Hall–Kier alpha value is -1.88. The first-order valence-corrected chi connectivity index (χ1v) is 6.29. The number of hydrogen-bond donors (Lipinski definition) is 2. The van der Waals surface area contributed by atoms with Crippen molar-refractivity contribution in [2.24, 2.45) is 11.7 Å². The van der Waals surface area contributed by atoms with Gasteiger partial charge >= 0.3 is 5.97 Å². The summed E-state index contributed by atoms with van der Waals surface area (Å²) < 4.78 is 4.90. The lowest BCUT2D eigenvalue weighted by Crippen LogP contribution is -2.39. The number of benzene rings is 1. The van der Waals surface area contributed by atoms with Gasteiger partial charge in [-0.25, -0.2) is 4.79 Å². The van der Waals surface area contributed by atoms with Crippen LogP contribution in [0.25, 0.3) is 0 Å². The third-order valence-corrected chi connectivity index (χ3v) is 2.66. The second kappa shape index (κ2) is 6.89. The lowest BCUT2D eigenvalue weighted by atomic mass is 10.0. The van der Waals surface area contributed by atoms with E-state index in [2.05, 4.69) is 5.32 Å². The Balaban J connectivity index is 2.77. The van der Waals surface area contributed by atoms with Crippen LogP contribution in [0.4, 0.5) is 5.69 Å². The molecule has 3 N–H and O–H groups in total. The summed E-state index contributed by atoms with van der Waals surface area (Å²) in [6.07, 6.45) is 0. The molecule has 0 bridgehead atoms. The molecule has 5 heteroatoms. The minimum atomic E-state index is -0.578. The Kier molecular flexibility index (Phi) is 5.51. The number of rotatable bonds is 5. The number of nitrogens with two attached hydrogens (primary N) is 1. The maximum absolute atomic E-state index is 11.8. The Morgan fingerprint density at radius 1 is 1.37 bits per heavy atom. The molecule has 1 atom stereocenters. The summed E-state index contributed by atoms with van der Waals surface area (Å²) in [6.45, 7) is 5.80. The Labute approximate surface area is 113 Å². The van der Waals surface area contributed by atoms with Crippen LogP contribution in [0.5, 0.6) is 0 Å². The number of ether oxygens (including phenoxy) is 1. The molecule has 5 nitrogen and oxygen atoms in total. The molecular weight excluding hydrogens is 244 g/mol. The fourth-order valence-electron chi connectivity index (χ4n) is 1.47. The van der Waals surface area contributed by atoms with Gasteiger partial charge in [0.1, 0.15) is 0 Å². The maximum atomic E-state index is 11.8. The maximum Gasteiger partial charge on any atom is 0.338 e. The summed E-state index contributed by atoms with van der Waals surface area (Å²) in [4.78, 5) is 23.4. The van der Waals surface area contributed by atoms with Crippen LogP contribution in [0.3, 0.4) is 0 Å². The number of hydrogen-bond acceptors (Lipinski definition) is 4. The van der Waals surface area contributed by atoms with Crippen LogP contribution >= 0.6 is 0 Å². The van der Waals surface area contributed by atoms with Gasteiger partial charge in [-0.15, -0.1) is 0 Å². The molecule has 0 unspecified atom stereocenters. The molecule has 0 spiro atoms. The van der Waals surface area contributed by atoms with Gasteiger partial charge in [0.2, 0.25) is 5.91 Å². The molecule has 1 aromatic rings. The number of esters is 1. The zero-order chi connectivity index (χ0) is 14.4. The second-order valence-electron chi connectivity index (χ2n) is 4.56. The highest BCUT2D eigenvalue weighted by atomic mass is 16.5. The largest absolute Gasteiger partial charge is 0.462 e. The van der Waals surface area contributed by atoms with Crippen molar-refractivity contribution in [3.8, 4) is 0 Å². The molecule has 0 aliphatic heterocycles. The molecule has 0 aliphatic rings. The van der Waals surface area contributed by atoms with E-state index in [1.54, 1.807) is 31.2 Å². The van der Waals surface area contributed by atoms with E-state index in [4.69, 9.17) is 10.5 Å². The third-order valence-electron chi connectivity index (χ3n) is 2.66. The fourth-order valence-corrected chi connectivity index (χ4v) is 1.47. The van der Waals surface area contributed by atoms with Crippen LogP contribution in [-0.2, 0) is 9.53 Å². The molecular formula is C14H20N2O3. The van der Waals surface area contributed by atoms with Crippen molar-refractivity contribution in [2.75, 3.05) is 11.9 Å². The summed E-state index contributed by atoms with van der Waals surface area (Å²) in [5.41, 5.74) is 6.68. The number of carbonyl (C=O) groups excluding carboxylic acids is 2. The molecule has 0 fully saturated rings. The van der Waals surface area contributed by atoms with Gasteiger partial charge in [0.25, 0.3) is 0 Å². The number of anilines is 1. The Morgan fingerprint density at radius 3 is 2.63 bits per heavy atom. The molecule has 1 rings (SSSR count). The highest BCUT2D eigenvalue weighted by Gasteiger charge is 2.17. The molecule has 104 valence electrons. The number of nitrogens with one attached hydrogen (secondary N) is 1. The van der Waals surface area contributed by atoms with Crippen molar-refractivity contribution >= 4 is 17.6 Å². The van der Waals surface area contributed by atoms with Gasteiger partial charge in [-0.05, 0) is 31.0 Å². The smallest absolute Gasteiger partial charge is 0.338 e. The molecule has 0 aliphatic carbocycles. The van der Waals surface area contributed by atoms with Crippen LogP contribution < -0.4 is 11.1 Å². The van der Waals surface area contributed by atoms with E-state index in [1.807, 2.05) is 13.8 Å².